The van der Waals surface area contributed by atoms with Crippen molar-refractivity contribution in [2.75, 3.05) is 19.7 Å². The maximum absolute atomic E-state index is 13.0. The summed E-state index contributed by atoms with van der Waals surface area (Å²) in [5, 5.41) is 29.4. The third-order valence-corrected chi connectivity index (χ3v) is 7.28. The summed E-state index contributed by atoms with van der Waals surface area (Å²) in [5.41, 5.74) is 0. The summed E-state index contributed by atoms with van der Waals surface area (Å²) >= 11 is 0. The van der Waals surface area contributed by atoms with Crippen molar-refractivity contribution in [3.05, 3.63) is 0 Å². The van der Waals surface area contributed by atoms with Gasteiger partial charge in [-0.2, -0.15) is 0 Å². The second-order valence-corrected chi connectivity index (χ2v) is 8.58. The highest BCUT2D eigenvalue weighted by Gasteiger charge is 2.57. The number of carbonyl (C=O) groups excluding carboxylic acids is 1. The molecule has 6 heteroatoms. The van der Waals surface area contributed by atoms with Crippen molar-refractivity contribution in [2.45, 2.75) is 75.8 Å². The molecule has 0 aliphatic carbocycles. The van der Waals surface area contributed by atoms with E-state index in [4.69, 9.17) is 5.11 Å². The smallest absolute Gasteiger partial charge is 0.223 e. The van der Waals surface area contributed by atoms with Crippen LogP contribution in [-0.2, 0) is 4.79 Å². The van der Waals surface area contributed by atoms with Gasteiger partial charge in [0.2, 0.25) is 5.91 Å². The molecular weight excluding hydrogens is 320 g/mol. The van der Waals surface area contributed by atoms with E-state index in [2.05, 4.69) is 4.90 Å². The monoisotopic (exact) mass is 352 g/mol. The number of fused-ring (bicyclic) bond motifs is 2. The molecule has 4 fully saturated rings. The Kier molecular flexibility index (Phi) is 5.06. The first-order valence-corrected chi connectivity index (χ1v) is 10.1. The van der Waals surface area contributed by atoms with Gasteiger partial charge in [-0.1, -0.05) is 0 Å². The molecule has 142 valence electrons. The fraction of sp³-hybridized carbons (Fsp3) is 0.947. The average Bonchev–Trinajstić information content (AvgIpc) is 2.61. The first kappa shape index (κ1) is 17.7. The molecule has 4 heterocycles. The third kappa shape index (κ3) is 3.01. The normalized spacial score (nSPS) is 41.6. The molecule has 1 amide bonds. The van der Waals surface area contributed by atoms with Gasteiger partial charge in [-0.15, -0.1) is 0 Å². The Balaban J connectivity index is 1.65. The van der Waals surface area contributed by atoms with Crippen LogP contribution in [0.5, 0.6) is 0 Å². The lowest BCUT2D eigenvalue weighted by Crippen LogP contribution is -2.72. The summed E-state index contributed by atoms with van der Waals surface area (Å²) in [4.78, 5) is 17.4. The summed E-state index contributed by atoms with van der Waals surface area (Å²) in [6.07, 6.45) is 6.04. The van der Waals surface area contributed by atoms with Crippen molar-refractivity contribution in [3.8, 4) is 0 Å². The molecule has 0 bridgehead atoms. The molecule has 0 aromatic heterocycles. The van der Waals surface area contributed by atoms with Crippen molar-refractivity contribution < 1.29 is 20.1 Å². The van der Waals surface area contributed by atoms with E-state index in [1.54, 1.807) is 0 Å². The first-order chi connectivity index (χ1) is 12.1. The summed E-state index contributed by atoms with van der Waals surface area (Å²) in [6.45, 7) is 2.40. The summed E-state index contributed by atoms with van der Waals surface area (Å²) in [7, 11) is 0. The second-order valence-electron chi connectivity index (χ2n) is 8.58. The van der Waals surface area contributed by atoms with E-state index in [0.29, 0.717) is 24.3 Å². The molecule has 3 N–H and O–H groups in total. The number of hydrogen-bond donors (Lipinski definition) is 3. The molecule has 6 atom stereocenters. The van der Waals surface area contributed by atoms with Gasteiger partial charge in [0.1, 0.15) is 0 Å². The van der Waals surface area contributed by atoms with E-state index >= 15 is 0 Å². The SMILES string of the molecule is O=C1C[C@H](CCCO)C[C@@H]2[C@H]3CCCN4CCC[C@@H]([C@@H]34)[C@H](C(O)O)N12. The molecule has 0 saturated carbocycles. The zero-order valence-corrected chi connectivity index (χ0v) is 15.0. The van der Waals surface area contributed by atoms with E-state index in [1.165, 1.54) is 6.42 Å². The topological polar surface area (TPSA) is 84.2 Å². The maximum atomic E-state index is 13.0. The lowest BCUT2D eigenvalue weighted by atomic mass is 9.63. The van der Waals surface area contributed by atoms with Crippen LogP contribution in [0.2, 0.25) is 0 Å². The van der Waals surface area contributed by atoms with Gasteiger partial charge in [0.25, 0.3) is 0 Å². The van der Waals surface area contributed by atoms with Gasteiger partial charge < -0.3 is 20.2 Å². The van der Waals surface area contributed by atoms with Crippen LogP contribution in [0.15, 0.2) is 0 Å². The minimum absolute atomic E-state index is 0.0958. The quantitative estimate of drug-likeness (QED) is 0.644. The van der Waals surface area contributed by atoms with E-state index < -0.39 is 12.3 Å². The predicted octanol–water partition coefficient (Wildman–Crippen LogP) is 0.550. The van der Waals surface area contributed by atoms with Crippen molar-refractivity contribution in [1.82, 2.24) is 9.80 Å². The van der Waals surface area contributed by atoms with Crippen LogP contribution in [0, 0.1) is 17.8 Å². The molecule has 6 nitrogen and oxygen atoms in total. The van der Waals surface area contributed by atoms with Gasteiger partial charge in [0.15, 0.2) is 6.29 Å². The molecule has 0 unspecified atom stereocenters. The van der Waals surface area contributed by atoms with Gasteiger partial charge in [-0.25, -0.2) is 0 Å². The number of carbonyl (C=O) groups is 1. The number of hydrogen-bond acceptors (Lipinski definition) is 5. The number of rotatable bonds is 4. The molecule has 0 aromatic rings. The van der Waals surface area contributed by atoms with Crippen molar-refractivity contribution in [1.29, 1.82) is 0 Å². The highest BCUT2D eigenvalue weighted by molar-refractivity contribution is 5.78. The minimum Gasteiger partial charge on any atom is -0.396 e. The molecule has 25 heavy (non-hydrogen) atoms. The Bertz CT molecular complexity index is 498. The van der Waals surface area contributed by atoms with Gasteiger partial charge in [0.05, 0.1) is 6.04 Å². The number of aliphatic hydroxyl groups is 3. The summed E-state index contributed by atoms with van der Waals surface area (Å²) < 4.78 is 0. The van der Waals surface area contributed by atoms with Gasteiger partial charge >= 0.3 is 0 Å². The summed E-state index contributed by atoms with van der Waals surface area (Å²) in [6, 6.07) is 0.0947. The van der Waals surface area contributed by atoms with Crippen molar-refractivity contribution in [3.63, 3.8) is 0 Å². The third-order valence-electron chi connectivity index (χ3n) is 7.28. The lowest BCUT2D eigenvalue weighted by Gasteiger charge is -2.62. The standard InChI is InChI=1S/C19H32N2O4/c22-9-3-4-12-10-15-13-5-1-7-20-8-2-6-14(17(13)20)18(19(24)25)21(15)16(23)11-12/h12-15,17-19,22,24-25H,1-11H2/t12-,13-,14+,15-,17-,18-/m1/s1. The number of nitrogens with zero attached hydrogens (tertiary/aromatic N) is 2. The fourth-order valence-corrected chi connectivity index (χ4v) is 6.48. The van der Waals surface area contributed by atoms with Crippen LogP contribution in [0.3, 0.4) is 0 Å². The molecule has 0 radical (unpaired) electrons. The molecule has 4 rings (SSSR count). The molecule has 4 aliphatic heterocycles. The second kappa shape index (κ2) is 7.14. The highest BCUT2D eigenvalue weighted by Crippen LogP contribution is 2.49. The lowest BCUT2D eigenvalue weighted by molar-refractivity contribution is -0.203. The molecule has 4 aliphatic rings. The van der Waals surface area contributed by atoms with E-state index in [-0.39, 0.29) is 24.5 Å². The Labute approximate surface area is 149 Å². The minimum atomic E-state index is -1.45. The number of amides is 1. The largest absolute Gasteiger partial charge is 0.396 e. The average molecular weight is 352 g/mol. The Hall–Kier alpha value is -0.690. The Morgan fingerprint density at radius 2 is 1.84 bits per heavy atom. The number of aliphatic hydroxyl groups excluding tert-OH is 2. The Morgan fingerprint density at radius 3 is 2.52 bits per heavy atom. The van der Waals surface area contributed by atoms with E-state index in [9.17, 15) is 15.0 Å². The van der Waals surface area contributed by atoms with E-state index in [1.807, 2.05) is 4.90 Å². The maximum Gasteiger partial charge on any atom is 0.223 e. The predicted molar refractivity (Wildman–Crippen MR) is 92.5 cm³/mol. The van der Waals surface area contributed by atoms with Crippen LogP contribution >= 0.6 is 0 Å². The van der Waals surface area contributed by atoms with Crippen LogP contribution in [0.25, 0.3) is 0 Å². The van der Waals surface area contributed by atoms with Gasteiger partial charge in [-0.05, 0) is 69.9 Å². The van der Waals surface area contributed by atoms with Crippen LogP contribution in [-0.4, -0.2) is 75.1 Å². The zero-order chi connectivity index (χ0) is 17.6. The molecular formula is C19H32N2O4. The van der Waals surface area contributed by atoms with Crippen LogP contribution < -0.4 is 0 Å². The summed E-state index contributed by atoms with van der Waals surface area (Å²) in [5.74, 6) is 1.08. The van der Waals surface area contributed by atoms with Crippen LogP contribution in [0.4, 0.5) is 0 Å². The van der Waals surface area contributed by atoms with Crippen LogP contribution in [0.1, 0.15) is 51.4 Å². The zero-order valence-electron chi connectivity index (χ0n) is 15.0. The molecule has 4 saturated heterocycles. The van der Waals surface area contributed by atoms with Crippen molar-refractivity contribution >= 4 is 5.91 Å². The fourth-order valence-electron chi connectivity index (χ4n) is 6.48. The molecule has 0 aromatic carbocycles. The molecule has 0 spiro atoms. The first-order valence-electron chi connectivity index (χ1n) is 10.1. The van der Waals surface area contributed by atoms with E-state index in [0.717, 1.165) is 51.6 Å². The Morgan fingerprint density at radius 1 is 1.12 bits per heavy atom. The van der Waals surface area contributed by atoms with Gasteiger partial charge in [-0.3, -0.25) is 9.69 Å². The highest BCUT2D eigenvalue weighted by atomic mass is 16.5. The van der Waals surface area contributed by atoms with Gasteiger partial charge in [0, 0.05) is 31.0 Å². The number of piperidine rings is 4. The van der Waals surface area contributed by atoms with Crippen molar-refractivity contribution in [2.24, 2.45) is 17.8 Å².